The summed E-state index contributed by atoms with van der Waals surface area (Å²) in [4.78, 5) is 17.4. The third-order valence-corrected chi connectivity index (χ3v) is 12.4. The lowest BCUT2D eigenvalue weighted by Crippen LogP contribution is -2.15. The Hall–Kier alpha value is -9.26. The maximum Gasteiger partial charge on any atom is 0.227 e. The van der Waals surface area contributed by atoms with E-state index in [0.717, 1.165) is 101 Å². The number of pyridine rings is 1. The fraction of sp³-hybridized carbons (Fsp3) is 0. The molecule has 0 aliphatic carbocycles. The number of fused-ring (bicyclic) bond motifs is 5. The van der Waals surface area contributed by atoms with Gasteiger partial charge in [0.1, 0.15) is 11.3 Å². The van der Waals surface area contributed by atoms with Crippen LogP contribution >= 0.6 is 0 Å². The first-order chi connectivity index (χ1) is 33.7. The zero-order chi connectivity index (χ0) is 45.2. The Labute approximate surface area is 394 Å². The molecule has 12 aromatic rings. The molecule has 322 valence electrons. The van der Waals surface area contributed by atoms with E-state index in [-0.39, 0.29) is 0 Å². The largest absolute Gasteiger partial charge is 0.435 e. The summed E-state index contributed by atoms with van der Waals surface area (Å²) in [7, 11) is 0. The van der Waals surface area contributed by atoms with E-state index in [0.29, 0.717) is 5.89 Å². The summed E-state index contributed by atoms with van der Waals surface area (Å²) in [5.74, 6) is 1.38. The molecule has 12 rings (SSSR count). The van der Waals surface area contributed by atoms with Crippen molar-refractivity contribution in [3.05, 3.63) is 261 Å². The molecule has 0 amide bonds. The molecule has 0 saturated carbocycles. The van der Waals surface area contributed by atoms with Crippen molar-refractivity contribution in [2.75, 3.05) is 14.7 Å². The molecule has 0 spiro atoms. The number of aromatic nitrogens is 2. The lowest BCUT2D eigenvalue weighted by atomic mass is 9.96. The van der Waals surface area contributed by atoms with Crippen molar-refractivity contribution in [1.29, 1.82) is 0 Å². The molecule has 10 aromatic carbocycles. The molecule has 0 radical (unpaired) electrons. The molecule has 2 heterocycles. The fourth-order valence-electron chi connectivity index (χ4n) is 9.34. The van der Waals surface area contributed by atoms with Crippen molar-refractivity contribution in [2.45, 2.75) is 0 Å². The normalized spacial score (nSPS) is 11.2. The molecule has 0 fully saturated rings. The van der Waals surface area contributed by atoms with Crippen molar-refractivity contribution < 1.29 is 4.42 Å². The quantitative estimate of drug-likeness (QED) is 0.121. The molecule has 6 heteroatoms. The second-order valence-electron chi connectivity index (χ2n) is 16.6. The van der Waals surface area contributed by atoms with Gasteiger partial charge in [-0.2, -0.15) is 0 Å². The fourth-order valence-corrected chi connectivity index (χ4v) is 9.34. The van der Waals surface area contributed by atoms with Crippen LogP contribution in [0.3, 0.4) is 0 Å². The summed E-state index contributed by atoms with van der Waals surface area (Å²) < 4.78 is 6.59. The van der Waals surface area contributed by atoms with Crippen LogP contribution in [0.15, 0.2) is 265 Å². The van der Waals surface area contributed by atoms with Crippen LogP contribution in [-0.2, 0) is 0 Å². The molecule has 0 unspecified atom stereocenters. The van der Waals surface area contributed by atoms with Crippen molar-refractivity contribution in [3.8, 4) is 22.7 Å². The van der Waals surface area contributed by atoms with Crippen LogP contribution in [0.25, 0.3) is 55.4 Å². The Morgan fingerprint density at radius 3 is 1.32 bits per heavy atom. The average molecular weight is 874 g/mol. The minimum absolute atomic E-state index is 0.607. The Morgan fingerprint density at radius 1 is 0.324 bits per heavy atom. The third kappa shape index (κ3) is 7.56. The van der Waals surface area contributed by atoms with E-state index < -0.39 is 0 Å². The van der Waals surface area contributed by atoms with Gasteiger partial charge in [0.2, 0.25) is 5.89 Å². The van der Waals surface area contributed by atoms with Gasteiger partial charge in [-0.05, 0) is 131 Å². The highest BCUT2D eigenvalue weighted by Crippen LogP contribution is 2.44. The summed E-state index contributed by atoms with van der Waals surface area (Å²) in [5.41, 5.74) is 12.6. The first kappa shape index (κ1) is 40.3. The number of hydrogen-bond acceptors (Lipinski definition) is 6. The zero-order valence-electron chi connectivity index (χ0n) is 37.0. The summed E-state index contributed by atoms with van der Waals surface area (Å²) in [6.07, 6.45) is 0. The smallest absolute Gasteiger partial charge is 0.227 e. The van der Waals surface area contributed by atoms with Gasteiger partial charge in [-0.3, -0.25) is 4.90 Å². The van der Waals surface area contributed by atoms with Crippen molar-refractivity contribution in [3.63, 3.8) is 0 Å². The molecule has 0 aliphatic rings. The van der Waals surface area contributed by atoms with Crippen LogP contribution in [0, 0.1) is 0 Å². The highest BCUT2D eigenvalue weighted by atomic mass is 16.3. The van der Waals surface area contributed by atoms with Crippen LogP contribution in [-0.4, -0.2) is 9.97 Å². The second-order valence-corrected chi connectivity index (χ2v) is 16.6. The first-order valence-corrected chi connectivity index (χ1v) is 22.8. The minimum Gasteiger partial charge on any atom is -0.435 e. The van der Waals surface area contributed by atoms with E-state index >= 15 is 0 Å². The van der Waals surface area contributed by atoms with E-state index in [1.54, 1.807) is 0 Å². The van der Waals surface area contributed by atoms with Gasteiger partial charge >= 0.3 is 0 Å². The van der Waals surface area contributed by atoms with Gasteiger partial charge in [-0.1, -0.05) is 146 Å². The van der Waals surface area contributed by atoms with Crippen molar-refractivity contribution >= 4 is 84.0 Å². The van der Waals surface area contributed by atoms with Crippen LogP contribution in [0.1, 0.15) is 0 Å². The number of benzene rings is 10. The van der Waals surface area contributed by atoms with Crippen molar-refractivity contribution in [2.24, 2.45) is 0 Å². The van der Waals surface area contributed by atoms with Gasteiger partial charge in [-0.25, -0.2) is 9.97 Å². The maximum atomic E-state index is 6.59. The van der Waals surface area contributed by atoms with Crippen LogP contribution in [0.5, 0.6) is 0 Å². The third-order valence-electron chi connectivity index (χ3n) is 12.4. The second kappa shape index (κ2) is 17.6. The van der Waals surface area contributed by atoms with Gasteiger partial charge in [0, 0.05) is 62.0 Å². The Kier molecular flexibility index (Phi) is 10.4. The molecular weight excluding hydrogens is 831 g/mol. The van der Waals surface area contributed by atoms with E-state index in [4.69, 9.17) is 14.4 Å². The molecular formula is C62H43N5O. The predicted octanol–water partition coefficient (Wildman–Crippen LogP) is 17.3. The number of anilines is 9. The van der Waals surface area contributed by atoms with Gasteiger partial charge < -0.3 is 14.2 Å². The lowest BCUT2D eigenvalue weighted by molar-refractivity contribution is 0.623. The topological polar surface area (TPSA) is 48.6 Å². The highest BCUT2D eigenvalue weighted by molar-refractivity contribution is 6.20. The maximum absolute atomic E-state index is 6.59. The standard InChI is InChI=1S/C62H43N5O/c1-6-20-45(21-7-1)62-64-58-41-39-44-38-40-54-55(34-18-35-56(54)60(44)61(58)68-62)57-36-19-37-59(63-57)67(52-32-16-30-50(42-52)65(46-22-8-2-9-23-46)47-24-10-3-11-25-47)53-33-17-31-51(43-53)66(48-26-12-4-13-27-48)49-28-14-5-15-29-49/h1-43H. The number of rotatable bonds is 11. The summed E-state index contributed by atoms with van der Waals surface area (Å²) >= 11 is 0. The Bertz CT molecular complexity index is 3490. The molecule has 0 bridgehead atoms. The molecule has 0 N–H and O–H groups in total. The molecule has 6 nitrogen and oxygen atoms in total. The number of oxazole rings is 1. The summed E-state index contributed by atoms with van der Waals surface area (Å²) in [5, 5.41) is 4.28. The van der Waals surface area contributed by atoms with Gasteiger partial charge in [0.15, 0.2) is 5.58 Å². The number of hydrogen-bond donors (Lipinski definition) is 0. The van der Waals surface area contributed by atoms with Crippen LogP contribution in [0.2, 0.25) is 0 Å². The van der Waals surface area contributed by atoms with E-state index in [9.17, 15) is 0 Å². The highest BCUT2D eigenvalue weighted by Gasteiger charge is 2.22. The van der Waals surface area contributed by atoms with E-state index in [1.165, 1.54) is 0 Å². The van der Waals surface area contributed by atoms with E-state index in [2.05, 4.69) is 239 Å². The molecule has 2 aromatic heterocycles. The van der Waals surface area contributed by atoms with Crippen LogP contribution < -0.4 is 14.7 Å². The summed E-state index contributed by atoms with van der Waals surface area (Å²) in [6.45, 7) is 0. The van der Waals surface area contributed by atoms with Gasteiger partial charge in [0.25, 0.3) is 0 Å². The Balaban J connectivity index is 1.03. The number of para-hydroxylation sites is 4. The predicted molar refractivity (Wildman–Crippen MR) is 282 cm³/mol. The average Bonchev–Trinajstić information content (AvgIpc) is 3.86. The molecule has 0 atom stereocenters. The van der Waals surface area contributed by atoms with Crippen molar-refractivity contribution in [1.82, 2.24) is 9.97 Å². The zero-order valence-corrected chi connectivity index (χ0v) is 37.0. The SMILES string of the molecule is c1ccc(-c2nc3ccc4ccc5c(-c6cccc(N(c7cccc(N(c8ccccc8)c8ccccc8)c7)c7cccc(N(c8ccccc8)c8ccccc8)c7)n6)cccc5c4c3o2)cc1. The lowest BCUT2D eigenvalue weighted by Gasteiger charge is -2.30. The Morgan fingerprint density at radius 2 is 0.779 bits per heavy atom. The van der Waals surface area contributed by atoms with Gasteiger partial charge in [-0.15, -0.1) is 0 Å². The molecule has 0 saturated heterocycles. The molecule has 0 aliphatic heterocycles. The number of nitrogens with zero attached hydrogens (tertiary/aromatic N) is 5. The van der Waals surface area contributed by atoms with Gasteiger partial charge in [0.05, 0.1) is 5.69 Å². The van der Waals surface area contributed by atoms with E-state index in [1.807, 2.05) is 36.4 Å². The first-order valence-electron chi connectivity index (χ1n) is 22.8. The monoisotopic (exact) mass is 873 g/mol. The molecule has 68 heavy (non-hydrogen) atoms. The minimum atomic E-state index is 0.607. The summed E-state index contributed by atoms with van der Waals surface area (Å²) in [6, 6.07) is 90.9. The van der Waals surface area contributed by atoms with Crippen LogP contribution in [0.4, 0.5) is 51.3 Å².